The van der Waals surface area contributed by atoms with E-state index >= 15 is 0 Å². The lowest BCUT2D eigenvalue weighted by Crippen LogP contribution is -2.41. The van der Waals surface area contributed by atoms with Gasteiger partial charge >= 0.3 is 7.12 Å². The van der Waals surface area contributed by atoms with Crippen molar-refractivity contribution in [3.05, 3.63) is 29.2 Å². The molecule has 0 amide bonds. The molecular weight excluding hydrogens is 323 g/mol. The molecule has 1 aromatic rings. The molecule has 1 aromatic carbocycles. The number of hydrogen-bond acceptors (Lipinski definition) is 5. The molecule has 0 N–H and O–H groups in total. The molecule has 0 unspecified atom stereocenters. The Hall–Kier alpha value is -1.11. The van der Waals surface area contributed by atoms with Crippen LogP contribution in [-0.4, -0.2) is 37.3 Å². The molecule has 0 radical (unpaired) electrons. The molecule has 4 nitrogen and oxygen atoms in total. The molecule has 0 spiro atoms. The van der Waals surface area contributed by atoms with E-state index in [4.69, 9.17) is 18.8 Å². The Morgan fingerprint density at radius 1 is 1.08 bits per heavy atom. The lowest BCUT2D eigenvalue weighted by molar-refractivity contribution is 0.00578. The zero-order valence-electron chi connectivity index (χ0n) is 14.8. The lowest BCUT2D eigenvalue weighted by atomic mass is 9.78. The summed E-state index contributed by atoms with van der Waals surface area (Å²) in [6.07, 6.45) is 2.96. The summed E-state index contributed by atoms with van der Waals surface area (Å²) in [6.45, 7) is 9.58. The fourth-order valence-electron chi connectivity index (χ4n) is 2.67. The maximum absolute atomic E-state index is 6.13. The van der Waals surface area contributed by atoms with Gasteiger partial charge in [-0.25, -0.2) is 0 Å². The van der Waals surface area contributed by atoms with Crippen LogP contribution in [0, 0.1) is 0 Å². The van der Waals surface area contributed by atoms with Gasteiger partial charge in [0, 0.05) is 12.2 Å². The summed E-state index contributed by atoms with van der Waals surface area (Å²) in [5.41, 5.74) is 1.30. The van der Waals surface area contributed by atoms with E-state index in [0.717, 1.165) is 29.0 Å². The van der Waals surface area contributed by atoms with Crippen LogP contribution in [0.3, 0.4) is 0 Å². The molecular formula is C18H25BO4S. The summed E-state index contributed by atoms with van der Waals surface area (Å²) in [5, 5.41) is 0. The van der Waals surface area contributed by atoms with Crippen molar-refractivity contribution in [3.63, 3.8) is 0 Å². The molecule has 2 heterocycles. The van der Waals surface area contributed by atoms with E-state index in [1.165, 1.54) is 0 Å². The third kappa shape index (κ3) is 3.46. The van der Waals surface area contributed by atoms with Crippen LogP contribution in [0.25, 0.3) is 6.08 Å². The summed E-state index contributed by atoms with van der Waals surface area (Å²) in [4.78, 5) is 0. The van der Waals surface area contributed by atoms with Gasteiger partial charge in [-0.3, -0.25) is 0 Å². The Morgan fingerprint density at radius 2 is 1.71 bits per heavy atom. The second kappa shape index (κ2) is 6.66. The summed E-state index contributed by atoms with van der Waals surface area (Å²) < 4.78 is 23.7. The molecule has 24 heavy (non-hydrogen) atoms. The number of benzene rings is 1. The minimum atomic E-state index is -0.386. The van der Waals surface area contributed by atoms with Crippen molar-refractivity contribution in [3.8, 4) is 11.5 Å². The summed E-state index contributed by atoms with van der Waals surface area (Å²) in [5.74, 6) is 2.15. The van der Waals surface area contributed by atoms with Gasteiger partial charge in [0.25, 0.3) is 0 Å². The first-order chi connectivity index (χ1) is 11.3. The van der Waals surface area contributed by atoms with E-state index in [0.29, 0.717) is 19.0 Å². The summed E-state index contributed by atoms with van der Waals surface area (Å²) in [6, 6.07) is 5.96. The zero-order valence-corrected chi connectivity index (χ0v) is 15.7. The lowest BCUT2D eigenvalue weighted by Gasteiger charge is -2.32. The molecule has 1 saturated heterocycles. The quantitative estimate of drug-likeness (QED) is 0.666. The van der Waals surface area contributed by atoms with Gasteiger partial charge in [0.15, 0.2) is 11.5 Å². The molecule has 3 rings (SSSR count). The highest BCUT2D eigenvalue weighted by molar-refractivity contribution is 7.80. The van der Waals surface area contributed by atoms with Gasteiger partial charge in [0.1, 0.15) is 0 Å². The highest BCUT2D eigenvalue weighted by atomic mass is 32.1. The second-order valence-electron chi connectivity index (χ2n) is 7.22. The largest absolute Gasteiger partial charge is 0.491 e. The van der Waals surface area contributed by atoms with Gasteiger partial charge in [-0.05, 0) is 50.9 Å². The Kier molecular flexibility index (Phi) is 4.91. The number of thiol groups is 1. The summed E-state index contributed by atoms with van der Waals surface area (Å²) >= 11 is 4.47. The third-order valence-electron chi connectivity index (χ3n) is 4.86. The van der Waals surface area contributed by atoms with Crippen molar-refractivity contribution in [2.45, 2.75) is 45.3 Å². The van der Waals surface area contributed by atoms with Gasteiger partial charge in [-0.2, -0.15) is 12.6 Å². The Morgan fingerprint density at radius 3 is 2.33 bits per heavy atom. The third-order valence-corrected chi connectivity index (χ3v) is 5.23. The van der Waals surface area contributed by atoms with Crippen molar-refractivity contribution in [1.29, 1.82) is 0 Å². The Bertz CT molecular complexity index is 626. The summed E-state index contributed by atoms with van der Waals surface area (Å²) in [7, 11) is -0.386. The maximum atomic E-state index is 6.13. The fraction of sp³-hybridized carbons (Fsp3) is 0.556. The van der Waals surface area contributed by atoms with E-state index < -0.39 is 0 Å². The minimum absolute atomic E-state index is 0.357. The Labute approximate surface area is 150 Å². The van der Waals surface area contributed by atoms with Gasteiger partial charge in [-0.1, -0.05) is 12.1 Å². The highest BCUT2D eigenvalue weighted by Crippen LogP contribution is 2.39. The zero-order chi connectivity index (χ0) is 17.4. The van der Waals surface area contributed by atoms with Gasteiger partial charge in [-0.15, -0.1) is 0 Å². The molecule has 0 bridgehead atoms. The average molecular weight is 348 g/mol. The van der Waals surface area contributed by atoms with Crippen LogP contribution in [0.4, 0.5) is 0 Å². The van der Waals surface area contributed by atoms with E-state index in [9.17, 15) is 0 Å². The van der Waals surface area contributed by atoms with Crippen LogP contribution >= 0.6 is 12.6 Å². The number of hydrogen-bond donors (Lipinski definition) is 1. The number of rotatable bonds is 3. The molecule has 6 heteroatoms. The normalized spacial score (nSPS) is 22.4. The smallest absolute Gasteiger partial charge is 0.490 e. The molecule has 0 saturated carbocycles. The number of fused-ring (bicyclic) bond motifs is 1. The van der Waals surface area contributed by atoms with Crippen LogP contribution in [0.2, 0.25) is 0 Å². The van der Waals surface area contributed by atoms with E-state index in [1.807, 2.05) is 18.2 Å². The fourth-order valence-corrected chi connectivity index (χ4v) is 2.91. The monoisotopic (exact) mass is 348 g/mol. The van der Waals surface area contributed by atoms with Gasteiger partial charge in [0.05, 0.1) is 24.4 Å². The average Bonchev–Trinajstić information content (AvgIpc) is 2.69. The van der Waals surface area contributed by atoms with Gasteiger partial charge in [0.2, 0.25) is 0 Å². The van der Waals surface area contributed by atoms with Crippen LogP contribution in [0.1, 0.15) is 39.7 Å². The van der Waals surface area contributed by atoms with E-state index in [2.05, 4.69) is 46.4 Å². The van der Waals surface area contributed by atoms with Crippen molar-refractivity contribution in [1.82, 2.24) is 0 Å². The Balaban J connectivity index is 1.85. The van der Waals surface area contributed by atoms with Crippen molar-refractivity contribution >= 4 is 25.8 Å². The SMILES string of the molecule is CC1(C)OB(C(=Cc2ccc3c(c2)OCCCO3)CS)OC1(C)C. The first-order valence-electron chi connectivity index (χ1n) is 8.39. The minimum Gasteiger partial charge on any atom is -0.490 e. The maximum Gasteiger partial charge on any atom is 0.491 e. The predicted octanol–water partition coefficient (Wildman–Crippen LogP) is 3.79. The molecule has 130 valence electrons. The second-order valence-corrected chi connectivity index (χ2v) is 7.54. The van der Waals surface area contributed by atoms with Crippen LogP contribution in [-0.2, 0) is 9.31 Å². The van der Waals surface area contributed by atoms with Crippen LogP contribution < -0.4 is 9.47 Å². The molecule has 0 aromatic heterocycles. The van der Waals surface area contributed by atoms with E-state index in [-0.39, 0.29) is 18.3 Å². The molecule has 2 aliphatic heterocycles. The molecule has 1 fully saturated rings. The van der Waals surface area contributed by atoms with Crippen molar-refractivity contribution in [2.75, 3.05) is 19.0 Å². The van der Waals surface area contributed by atoms with Crippen molar-refractivity contribution < 1.29 is 18.8 Å². The topological polar surface area (TPSA) is 36.9 Å². The van der Waals surface area contributed by atoms with Crippen LogP contribution in [0.15, 0.2) is 23.7 Å². The van der Waals surface area contributed by atoms with E-state index in [1.54, 1.807) is 0 Å². The van der Waals surface area contributed by atoms with Crippen LogP contribution in [0.5, 0.6) is 11.5 Å². The molecule has 0 atom stereocenters. The predicted molar refractivity (Wildman–Crippen MR) is 100.0 cm³/mol. The first kappa shape index (κ1) is 17.7. The van der Waals surface area contributed by atoms with Gasteiger partial charge < -0.3 is 18.8 Å². The first-order valence-corrected chi connectivity index (χ1v) is 9.02. The standard InChI is InChI=1S/C18H25BO4S/c1-17(2)18(3,4)23-19(22-17)14(12-24)10-13-6-7-15-16(11-13)21-9-5-8-20-15/h6-7,10-11,24H,5,8-9,12H2,1-4H3. The van der Waals surface area contributed by atoms with Crippen molar-refractivity contribution in [2.24, 2.45) is 0 Å². The molecule has 0 aliphatic carbocycles. The highest BCUT2D eigenvalue weighted by Gasteiger charge is 2.52. The number of ether oxygens (including phenoxy) is 2. The molecule has 2 aliphatic rings.